The normalized spacial score (nSPS) is 11.6. The lowest BCUT2D eigenvalue weighted by Crippen LogP contribution is -2.17. The van der Waals surface area contributed by atoms with E-state index < -0.39 is 35.5 Å². The van der Waals surface area contributed by atoms with Crippen LogP contribution < -0.4 is 10.2 Å². The molecule has 0 saturated heterocycles. The molecule has 0 saturated carbocycles. The molecule has 0 bridgehead atoms. The molecule has 176 valence electrons. The molecule has 4 aromatic rings. The number of esters is 1. The van der Waals surface area contributed by atoms with Gasteiger partial charge in [0.25, 0.3) is 0 Å². The van der Waals surface area contributed by atoms with Crippen molar-refractivity contribution in [1.29, 1.82) is 0 Å². The highest BCUT2D eigenvalue weighted by molar-refractivity contribution is 5.98. The molecule has 34 heavy (non-hydrogen) atoms. The zero-order chi connectivity index (χ0) is 24.3. The highest BCUT2D eigenvalue weighted by atomic mass is 19.4. The second-order valence-corrected chi connectivity index (χ2v) is 7.68. The molecule has 0 unspecified atom stereocenters. The standard InChI is InChI=1S/C26H21F3O5/c1-2-3-13-32-22(30)15-33-17-11-12-20-21(14-17)34-25(26(27,28)29)23(24(20)31)19-10-6-8-16-7-4-5-9-18(16)19/h4-12,14H,2-3,13,15H2,1H3. The third kappa shape index (κ3) is 4.76. The van der Waals surface area contributed by atoms with E-state index in [1.54, 1.807) is 36.4 Å². The van der Waals surface area contributed by atoms with Gasteiger partial charge in [0.05, 0.1) is 17.6 Å². The number of ether oxygens (including phenoxy) is 2. The number of unbranched alkanes of at least 4 members (excludes halogenated alkanes) is 1. The summed E-state index contributed by atoms with van der Waals surface area (Å²) < 4.78 is 57.6. The Balaban J connectivity index is 1.78. The number of benzene rings is 3. The third-order valence-electron chi connectivity index (χ3n) is 5.30. The van der Waals surface area contributed by atoms with Gasteiger partial charge in [-0.25, -0.2) is 4.79 Å². The maximum Gasteiger partial charge on any atom is 0.450 e. The Bertz CT molecular complexity index is 1400. The van der Waals surface area contributed by atoms with E-state index in [9.17, 15) is 22.8 Å². The summed E-state index contributed by atoms with van der Waals surface area (Å²) in [5, 5.41) is 1.17. The van der Waals surface area contributed by atoms with Gasteiger partial charge in [0.15, 0.2) is 6.61 Å². The molecule has 3 aromatic carbocycles. The van der Waals surface area contributed by atoms with Crippen molar-refractivity contribution in [1.82, 2.24) is 0 Å². The van der Waals surface area contributed by atoms with Gasteiger partial charge < -0.3 is 13.9 Å². The molecule has 0 radical (unpaired) electrons. The van der Waals surface area contributed by atoms with Gasteiger partial charge in [-0.1, -0.05) is 55.8 Å². The minimum atomic E-state index is -4.92. The molecule has 0 aliphatic heterocycles. The van der Waals surface area contributed by atoms with Crippen LogP contribution in [0.25, 0.3) is 32.9 Å². The topological polar surface area (TPSA) is 65.7 Å². The zero-order valence-corrected chi connectivity index (χ0v) is 18.3. The minimum Gasteiger partial charge on any atom is -0.482 e. The Morgan fingerprint density at radius 1 is 1.00 bits per heavy atom. The molecule has 0 amide bonds. The molecule has 0 spiro atoms. The molecule has 8 heteroatoms. The van der Waals surface area contributed by atoms with Crippen LogP contribution >= 0.6 is 0 Å². The van der Waals surface area contributed by atoms with Crippen LogP contribution in [0.3, 0.4) is 0 Å². The number of hydrogen-bond acceptors (Lipinski definition) is 5. The SMILES string of the molecule is CCCCOC(=O)COc1ccc2c(=O)c(-c3cccc4ccccc34)c(C(F)(F)F)oc2c1. The Labute approximate surface area is 192 Å². The van der Waals surface area contributed by atoms with Crippen LogP contribution in [0.2, 0.25) is 0 Å². The summed E-state index contributed by atoms with van der Waals surface area (Å²) in [6.07, 6.45) is -3.34. The van der Waals surface area contributed by atoms with E-state index in [4.69, 9.17) is 13.9 Å². The van der Waals surface area contributed by atoms with Gasteiger partial charge >= 0.3 is 12.1 Å². The number of carbonyl (C=O) groups is 1. The van der Waals surface area contributed by atoms with Gasteiger partial charge in [-0.05, 0) is 34.9 Å². The van der Waals surface area contributed by atoms with Crippen LogP contribution in [0.4, 0.5) is 13.2 Å². The summed E-state index contributed by atoms with van der Waals surface area (Å²) in [7, 11) is 0. The average molecular weight is 470 g/mol. The molecule has 1 aromatic heterocycles. The van der Waals surface area contributed by atoms with E-state index >= 15 is 0 Å². The van der Waals surface area contributed by atoms with Gasteiger partial charge in [-0.3, -0.25) is 4.79 Å². The van der Waals surface area contributed by atoms with E-state index in [1.807, 2.05) is 6.92 Å². The first-order valence-corrected chi connectivity index (χ1v) is 10.7. The first-order valence-electron chi connectivity index (χ1n) is 10.7. The summed E-state index contributed by atoms with van der Waals surface area (Å²) >= 11 is 0. The molecule has 1 heterocycles. The van der Waals surface area contributed by atoms with Crippen molar-refractivity contribution in [2.45, 2.75) is 25.9 Å². The fourth-order valence-electron chi connectivity index (χ4n) is 3.67. The smallest absolute Gasteiger partial charge is 0.450 e. The van der Waals surface area contributed by atoms with E-state index in [0.717, 1.165) is 12.5 Å². The van der Waals surface area contributed by atoms with Crippen molar-refractivity contribution in [3.8, 4) is 16.9 Å². The lowest BCUT2D eigenvalue weighted by Gasteiger charge is -2.15. The van der Waals surface area contributed by atoms with Crippen LogP contribution in [0, 0.1) is 0 Å². The Hall–Kier alpha value is -3.81. The second-order valence-electron chi connectivity index (χ2n) is 7.68. The zero-order valence-electron chi connectivity index (χ0n) is 18.3. The monoisotopic (exact) mass is 470 g/mol. The number of halogens is 3. The molecule has 0 N–H and O–H groups in total. The second kappa shape index (κ2) is 9.59. The summed E-state index contributed by atoms with van der Waals surface area (Å²) in [6, 6.07) is 15.6. The molecule has 0 fully saturated rings. The first-order chi connectivity index (χ1) is 16.3. The van der Waals surface area contributed by atoms with Crippen molar-refractivity contribution in [3.63, 3.8) is 0 Å². The summed E-state index contributed by atoms with van der Waals surface area (Å²) in [6.45, 7) is 1.80. The molecule has 5 nitrogen and oxygen atoms in total. The van der Waals surface area contributed by atoms with Gasteiger partial charge in [0.1, 0.15) is 11.3 Å². The van der Waals surface area contributed by atoms with Crippen molar-refractivity contribution in [2.75, 3.05) is 13.2 Å². The van der Waals surface area contributed by atoms with Gasteiger partial charge in [-0.15, -0.1) is 0 Å². The van der Waals surface area contributed by atoms with Gasteiger partial charge in [-0.2, -0.15) is 13.2 Å². The lowest BCUT2D eigenvalue weighted by atomic mass is 9.96. The van der Waals surface area contributed by atoms with Gasteiger partial charge in [0, 0.05) is 6.07 Å². The van der Waals surface area contributed by atoms with Crippen LogP contribution in [0.5, 0.6) is 5.75 Å². The van der Waals surface area contributed by atoms with Crippen LogP contribution in [-0.2, 0) is 15.7 Å². The van der Waals surface area contributed by atoms with Gasteiger partial charge in [0.2, 0.25) is 11.2 Å². The fraction of sp³-hybridized carbons (Fsp3) is 0.231. The fourth-order valence-corrected chi connectivity index (χ4v) is 3.67. The van der Waals surface area contributed by atoms with E-state index in [1.165, 1.54) is 18.2 Å². The number of alkyl halides is 3. The minimum absolute atomic E-state index is 0.0335. The predicted molar refractivity (Wildman–Crippen MR) is 122 cm³/mol. The quantitative estimate of drug-likeness (QED) is 0.232. The molecule has 0 atom stereocenters. The Morgan fingerprint density at radius 2 is 1.76 bits per heavy atom. The maximum atomic E-state index is 14.0. The van der Waals surface area contributed by atoms with Crippen molar-refractivity contribution in [3.05, 3.63) is 76.6 Å². The largest absolute Gasteiger partial charge is 0.482 e. The number of hydrogen-bond donors (Lipinski definition) is 0. The summed E-state index contributed by atoms with van der Waals surface area (Å²) in [5.41, 5.74) is -1.52. The van der Waals surface area contributed by atoms with Crippen molar-refractivity contribution in [2.24, 2.45) is 0 Å². The summed E-state index contributed by atoms with van der Waals surface area (Å²) in [4.78, 5) is 25.0. The van der Waals surface area contributed by atoms with E-state index in [2.05, 4.69) is 0 Å². The van der Waals surface area contributed by atoms with Crippen LogP contribution in [0.1, 0.15) is 25.5 Å². The highest BCUT2D eigenvalue weighted by Gasteiger charge is 2.39. The highest BCUT2D eigenvalue weighted by Crippen LogP contribution is 2.39. The maximum absolute atomic E-state index is 14.0. The first kappa shape index (κ1) is 23.4. The van der Waals surface area contributed by atoms with Crippen LogP contribution in [0.15, 0.2) is 69.9 Å². The molecular formula is C26H21F3O5. The van der Waals surface area contributed by atoms with E-state index in [0.29, 0.717) is 17.2 Å². The molecule has 4 rings (SSSR count). The van der Waals surface area contributed by atoms with Crippen molar-refractivity contribution >= 4 is 27.7 Å². The van der Waals surface area contributed by atoms with Crippen LogP contribution in [-0.4, -0.2) is 19.2 Å². The molecule has 0 aliphatic rings. The predicted octanol–water partition coefficient (Wildman–Crippen LogP) is 6.35. The molecular weight excluding hydrogens is 449 g/mol. The van der Waals surface area contributed by atoms with Crippen molar-refractivity contribution < 1.29 is 31.9 Å². The average Bonchev–Trinajstić information content (AvgIpc) is 2.82. The summed E-state index contributed by atoms with van der Waals surface area (Å²) in [5.74, 6) is -1.91. The Kier molecular flexibility index (Phi) is 6.58. The number of fused-ring (bicyclic) bond motifs is 2. The number of rotatable bonds is 7. The Morgan fingerprint density at radius 3 is 2.53 bits per heavy atom. The molecule has 0 aliphatic carbocycles. The van der Waals surface area contributed by atoms with E-state index in [-0.39, 0.29) is 28.9 Å². The number of carbonyl (C=O) groups excluding carboxylic acids is 1. The third-order valence-corrected chi connectivity index (χ3v) is 5.30. The lowest BCUT2D eigenvalue weighted by molar-refractivity contribution is -0.152.